The lowest BCUT2D eigenvalue weighted by molar-refractivity contribution is -0.444. The number of pyridine rings is 1. The molecule has 1 aromatic carbocycles. The molecule has 0 saturated heterocycles. The van der Waals surface area contributed by atoms with Crippen molar-refractivity contribution >= 4 is 40.1 Å². The summed E-state index contributed by atoms with van der Waals surface area (Å²) in [6.07, 6.45) is 1.63. The Morgan fingerprint density at radius 1 is 1.09 bits per heavy atom. The molecule has 3 amide bonds. The molecule has 2 aliphatic rings. The molecule has 0 spiro atoms. The van der Waals surface area contributed by atoms with Crippen molar-refractivity contribution in [1.82, 2.24) is 9.38 Å². The lowest BCUT2D eigenvalue weighted by Crippen LogP contribution is -2.53. The molecule has 32 heavy (non-hydrogen) atoms. The third kappa shape index (κ3) is 3.16. The summed E-state index contributed by atoms with van der Waals surface area (Å²) in [6.45, 7) is 3.81. The Morgan fingerprint density at radius 2 is 1.84 bits per heavy atom. The highest BCUT2D eigenvalue weighted by molar-refractivity contribution is 8.17. The summed E-state index contributed by atoms with van der Waals surface area (Å²) in [7, 11) is 0. The van der Waals surface area contributed by atoms with E-state index in [4.69, 9.17) is 0 Å². The predicted molar refractivity (Wildman–Crippen MR) is 119 cm³/mol. The second kappa shape index (κ2) is 7.52. The standard InChI is InChI=1S/C23H18FN4O3S/c1-13-14(2)32-22-20(13)21(30)28(17-8-6-15(24)7-9-17)23(31)27(22)12-16-11-19(29)26-10-4-3-5-18(26)25-16/h3-11,20H,12H2,1-2H3/q+1. The van der Waals surface area contributed by atoms with Crippen LogP contribution in [0.3, 0.4) is 0 Å². The maximum Gasteiger partial charge on any atom is 0.506 e. The van der Waals surface area contributed by atoms with Crippen molar-refractivity contribution < 1.29 is 18.6 Å². The number of imide groups is 1. The van der Waals surface area contributed by atoms with Crippen LogP contribution in [0.4, 0.5) is 14.9 Å². The van der Waals surface area contributed by atoms with E-state index in [1.807, 2.05) is 13.8 Å². The number of amides is 3. The number of benzene rings is 1. The van der Waals surface area contributed by atoms with Gasteiger partial charge in [0.15, 0.2) is 11.0 Å². The fraction of sp³-hybridized carbons (Fsp3) is 0.174. The lowest BCUT2D eigenvalue weighted by atomic mass is 9.98. The summed E-state index contributed by atoms with van der Waals surface area (Å²) in [5.41, 5.74) is 1.78. The van der Waals surface area contributed by atoms with Crippen LogP contribution in [0.25, 0.3) is 5.65 Å². The smallest absolute Gasteiger partial charge is 0.269 e. The van der Waals surface area contributed by atoms with E-state index < -0.39 is 17.8 Å². The number of rotatable bonds is 3. The zero-order valence-electron chi connectivity index (χ0n) is 17.3. The number of allylic oxidation sites excluding steroid dienone is 1. The molecule has 160 valence electrons. The Labute approximate surface area is 186 Å². The highest BCUT2D eigenvalue weighted by Gasteiger charge is 2.53. The van der Waals surface area contributed by atoms with E-state index in [1.165, 1.54) is 51.1 Å². The first-order valence-corrected chi connectivity index (χ1v) is 10.8. The Hall–Kier alpha value is -3.59. The summed E-state index contributed by atoms with van der Waals surface area (Å²) in [5.74, 6) is -1.44. The highest BCUT2D eigenvalue weighted by Crippen LogP contribution is 2.41. The number of hydrogen-bond donors (Lipinski definition) is 0. The first-order chi connectivity index (χ1) is 15.3. The molecular weight excluding hydrogens is 431 g/mol. The summed E-state index contributed by atoms with van der Waals surface area (Å²) in [5, 5.41) is 0.600. The normalized spacial score (nSPS) is 18.7. The molecule has 0 fully saturated rings. The van der Waals surface area contributed by atoms with Crippen LogP contribution in [-0.2, 0) is 11.3 Å². The first-order valence-electron chi connectivity index (χ1n) is 9.95. The molecular formula is C23H18FN4O3S+. The van der Waals surface area contributed by atoms with Gasteiger partial charge in [-0.1, -0.05) is 17.8 Å². The molecule has 0 saturated carbocycles. The van der Waals surface area contributed by atoms with Gasteiger partial charge in [0.2, 0.25) is 0 Å². The van der Waals surface area contributed by atoms with Crippen LogP contribution in [-0.4, -0.2) is 30.9 Å². The maximum atomic E-state index is 13.5. The van der Waals surface area contributed by atoms with Gasteiger partial charge in [-0.2, -0.15) is 9.37 Å². The Kier molecular flexibility index (Phi) is 4.78. The molecule has 7 nitrogen and oxygen atoms in total. The van der Waals surface area contributed by atoms with Crippen molar-refractivity contribution in [2.75, 3.05) is 4.90 Å². The minimum Gasteiger partial charge on any atom is -0.269 e. The third-order valence-corrected chi connectivity index (χ3v) is 6.97. The summed E-state index contributed by atoms with van der Waals surface area (Å²) in [4.78, 5) is 45.9. The fourth-order valence-corrected chi connectivity index (χ4v) is 5.19. The molecule has 1 unspecified atom stereocenters. The van der Waals surface area contributed by atoms with E-state index >= 15 is 0 Å². The molecule has 9 heteroatoms. The molecule has 5 rings (SSSR count). The van der Waals surface area contributed by atoms with Crippen molar-refractivity contribution in [1.29, 1.82) is 0 Å². The van der Waals surface area contributed by atoms with E-state index in [-0.39, 0.29) is 18.0 Å². The van der Waals surface area contributed by atoms with Gasteiger partial charge in [-0.25, -0.2) is 14.2 Å². The molecule has 0 aliphatic carbocycles. The first kappa shape index (κ1) is 20.3. The second-order valence-corrected chi connectivity index (χ2v) is 8.88. The SMILES string of the molecule is CC1=C(C)C2C(=O)N(c3ccc(F)cc3)C(=O)[N+](Cc3cc(=O)n4ccccc4n3)=C2S1. The number of nitrogens with zero attached hydrogens (tertiary/aromatic N) is 4. The number of hydrogen-bond acceptors (Lipinski definition) is 5. The Balaban J connectivity index is 1.63. The number of urea groups is 1. The van der Waals surface area contributed by atoms with Gasteiger partial charge in [0.25, 0.3) is 5.56 Å². The van der Waals surface area contributed by atoms with Crippen LogP contribution in [0.15, 0.2) is 70.0 Å². The van der Waals surface area contributed by atoms with Gasteiger partial charge in [-0.3, -0.25) is 9.20 Å². The average molecular weight is 449 g/mol. The zero-order valence-corrected chi connectivity index (χ0v) is 18.1. The van der Waals surface area contributed by atoms with Gasteiger partial charge in [0, 0.05) is 12.3 Å². The van der Waals surface area contributed by atoms with Crippen LogP contribution < -0.4 is 10.5 Å². The summed E-state index contributed by atoms with van der Waals surface area (Å²) >= 11 is 1.38. The third-order valence-electron chi connectivity index (χ3n) is 5.68. The van der Waals surface area contributed by atoms with Crippen molar-refractivity contribution in [3.63, 3.8) is 0 Å². The molecule has 2 aliphatic heterocycles. The van der Waals surface area contributed by atoms with Gasteiger partial charge >= 0.3 is 11.9 Å². The van der Waals surface area contributed by atoms with Crippen LogP contribution in [0.5, 0.6) is 0 Å². The van der Waals surface area contributed by atoms with E-state index in [0.717, 1.165) is 15.4 Å². The number of fused-ring (bicyclic) bond motifs is 2. The zero-order chi connectivity index (χ0) is 22.6. The van der Waals surface area contributed by atoms with Gasteiger partial charge < -0.3 is 0 Å². The van der Waals surface area contributed by atoms with Crippen LogP contribution in [0.1, 0.15) is 19.5 Å². The molecule has 0 N–H and O–H groups in total. The fourth-order valence-electron chi connectivity index (χ4n) is 3.94. The Morgan fingerprint density at radius 3 is 2.59 bits per heavy atom. The van der Waals surface area contributed by atoms with E-state index in [0.29, 0.717) is 22.1 Å². The van der Waals surface area contributed by atoms with Crippen LogP contribution in [0.2, 0.25) is 0 Å². The number of anilines is 1. The molecule has 4 heterocycles. The molecule has 1 atom stereocenters. The van der Waals surface area contributed by atoms with Crippen molar-refractivity contribution in [3.05, 3.63) is 87.1 Å². The largest absolute Gasteiger partial charge is 0.506 e. The number of carbonyl (C=O) groups is 2. The van der Waals surface area contributed by atoms with E-state index in [9.17, 15) is 18.8 Å². The summed E-state index contributed by atoms with van der Waals surface area (Å²) < 4.78 is 16.4. The van der Waals surface area contributed by atoms with Gasteiger partial charge in [-0.15, -0.1) is 4.90 Å². The highest BCUT2D eigenvalue weighted by atomic mass is 32.2. The van der Waals surface area contributed by atoms with E-state index in [1.54, 1.807) is 24.4 Å². The van der Waals surface area contributed by atoms with E-state index in [2.05, 4.69) is 4.98 Å². The second-order valence-electron chi connectivity index (χ2n) is 7.65. The maximum absolute atomic E-state index is 13.5. The number of thioether (sulfide) groups is 1. The molecule has 2 aromatic heterocycles. The van der Waals surface area contributed by atoms with Crippen molar-refractivity contribution in [3.8, 4) is 0 Å². The van der Waals surface area contributed by atoms with Gasteiger partial charge in [-0.05, 0) is 60.7 Å². The number of carbonyl (C=O) groups excluding carboxylic acids is 2. The minimum absolute atomic E-state index is 0.0316. The lowest BCUT2D eigenvalue weighted by Gasteiger charge is -2.25. The van der Waals surface area contributed by atoms with Gasteiger partial charge in [0.1, 0.15) is 23.7 Å². The van der Waals surface area contributed by atoms with Crippen LogP contribution in [0, 0.1) is 11.7 Å². The molecule has 0 bridgehead atoms. The topological polar surface area (TPSA) is 74.8 Å². The van der Waals surface area contributed by atoms with Crippen molar-refractivity contribution in [2.45, 2.75) is 20.4 Å². The molecule has 3 aromatic rings. The summed E-state index contributed by atoms with van der Waals surface area (Å²) in [6, 6.07) is 11.3. The van der Waals surface area contributed by atoms with Crippen molar-refractivity contribution in [2.24, 2.45) is 5.92 Å². The minimum atomic E-state index is -0.607. The monoisotopic (exact) mass is 449 g/mol. The molecule has 0 radical (unpaired) electrons. The quantitative estimate of drug-likeness (QED) is 0.572. The number of aromatic nitrogens is 2. The predicted octanol–water partition coefficient (Wildman–Crippen LogP) is 3.57. The van der Waals surface area contributed by atoms with Crippen LogP contribution >= 0.6 is 11.8 Å². The van der Waals surface area contributed by atoms with Gasteiger partial charge in [0.05, 0.1) is 5.69 Å². The Bertz CT molecular complexity index is 1430. The number of halogens is 1. The average Bonchev–Trinajstić information content (AvgIpc) is 3.07.